The number of aliphatic hydroxyl groups excluding tert-OH is 1. The highest BCUT2D eigenvalue weighted by Gasteiger charge is 2.28. The van der Waals surface area contributed by atoms with Gasteiger partial charge < -0.3 is 10.0 Å². The van der Waals surface area contributed by atoms with Crippen LogP contribution in [0.5, 0.6) is 0 Å². The average molecular weight is 196 g/mol. The quantitative estimate of drug-likeness (QED) is 0.722. The minimum atomic E-state index is -0.190. The van der Waals surface area contributed by atoms with Gasteiger partial charge in [0, 0.05) is 25.6 Å². The number of hydrogen-bond donors (Lipinski definition) is 1. The normalized spacial score (nSPS) is 29.4. The number of rotatable bonds is 2. The Bertz CT molecular complexity index is 225. The van der Waals surface area contributed by atoms with E-state index >= 15 is 0 Å². The van der Waals surface area contributed by atoms with E-state index in [9.17, 15) is 5.11 Å². The van der Waals surface area contributed by atoms with Crippen LogP contribution >= 0.6 is 0 Å². The first-order chi connectivity index (χ1) is 6.77. The zero-order valence-electron chi connectivity index (χ0n) is 8.95. The van der Waals surface area contributed by atoms with Crippen molar-refractivity contribution >= 4 is 5.84 Å². The van der Waals surface area contributed by atoms with Crippen LogP contribution in [0.3, 0.4) is 0 Å². The van der Waals surface area contributed by atoms with Crippen LogP contribution in [0, 0.1) is 5.92 Å². The number of aliphatic imine (C=N–C) groups is 1. The van der Waals surface area contributed by atoms with Gasteiger partial charge >= 0.3 is 0 Å². The molecule has 2 unspecified atom stereocenters. The molecule has 0 aromatic carbocycles. The summed E-state index contributed by atoms with van der Waals surface area (Å²) in [5, 5.41) is 9.42. The van der Waals surface area contributed by atoms with Crippen molar-refractivity contribution < 1.29 is 5.11 Å². The molecule has 2 aliphatic heterocycles. The molecular formula is C11H20N2O. The molecule has 3 nitrogen and oxygen atoms in total. The van der Waals surface area contributed by atoms with Crippen molar-refractivity contribution in [1.29, 1.82) is 0 Å². The van der Waals surface area contributed by atoms with E-state index in [0.717, 1.165) is 13.0 Å². The van der Waals surface area contributed by atoms with Gasteiger partial charge in [0.2, 0.25) is 0 Å². The van der Waals surface area contributed by atoms with Gasteiger partial charge in [-0.05, 0) is 32.6 Å². The summed E-state index contributed by atoms with van der Waals surface area (Å²) in [7, 11) is 0. The summed E-state index contributed by atoms with van der Waals surface area (Å²) in [6, 6.07) is 0. The SMILES string of the molecule is CC(O)CC1CCCN2CCCN=C12. The number of aliphatic hydroxyl groups is 1. The third kappa shape index (κ3) is 2.08. The predicted octanol–water partition coefficient (Wildman–Crippen LogP) is 1.27. The maximum absolute atomic E-state index is 9.42. The Kier molecular flexibility index (Phi) is 3.06. The lowest BCUT2D eigenvalue weighted by atomic mass is 9.90. The van der Waals surface area contributed by atoms with Crippen molar-refractivity contribution in [3.63, 3.8) is 0 Å². The van der Waals surface area contributed by atoms with E-state index in [1.165, 1.54) is 38.2 Å². The van der Waals surface area contributed by atoms with Crippen LogP contribution < -0.4 is 0 Å². The van der Waals surface area contributed by atoms with Crippen LogP contribution in [0.25, 0.3) is 0 Å². The van der Waals surface area contributed by atoms with E-state index in [1.807, 2.05) is 6.92 Å². The van der Waals surface area contributed by atoms with Gasteiger partial charge in [-0.25, -0.2) is 0 Å². The first kappa shape index (κ1) is 9.97. The van der Waals surface area contributed by atoms with Crippen LogP contribution in [-0.2, 0) is 0 Å². The molecule has 0 saturated carbocycles. The molecule has 14 heavy (non-hydrogen) atoms. The second kappa shape index (κ2) is 4.30. The van der Waals surface area contributed by atoms with Crippen LogP contribution in [0.2, 0.25) is 0 Å². The minimum absolute atomic E-state index is 0.190. The first-order valence-electron chi connectivity index (χ1n) is 5.74. The molecule has 0 aromatic rings. The highest BCUT2D eigenvalue weighted by molar-refractivity contribution is 5.85. The smallest absolute Gasteiger partial charge is 0.102 e. The van der Waals surface area contributed by atoms with Crippen molar-refractivity contribution in [2.24, 2.45) is 10.9 Å². The lowest BCUT2D eigenvalue weighted by Crippen LogP contribution is -2.45. The average Bonchev–Trinajstić information content (AvgIpc) is 2.18. The molecule has 0 aliphatic carbocycles. The monoisotopic (exact) mass is 196 g/mol. The van der Waals surface area contributed by atoms with Crippen molar-refractivity contribution in [2.45, 2.75) is 38.7 Å². The largest absolute Gasteiger partial charge is 0.393 e. The molecule has 0 aromatic heterocycles. The lowest BCUT2D eigenvalue weighted by molar-refractivity contribution is 0.160. The summed E-state index contributed by atoms with van der Waals surface area (Å²) in [5.41, 5.74) is 0. The Morgan fingerprint density at radius 3 is 3.07 bits per heavy atom. The van der Waals surface area contributed by atoms with Gasteiger partial charge in [0.05, 0.1) is 6.10 Å². The Labute approximate surface area is 85.8 Å². The maximum atomic E-state index is 9.42. The summed E-state index contributed by atoms with van der Waals surface area (Å²) in [5.74, 6) is 1.80. The minimum Gasteiger partial charge on any atom is -0.393 e. The summed E-state index contributed by atoms with van der Waals surface area (Å²) in [6.45, 7) is 5.22. The topological polar surface area (TPSA) is 35.8 Å². The third-order valence-electron chi connectivity index (χ3n) is 3.16. The Hall–Kier alpha value is -0.570. The van der Waals surface area contributed by atoms with Crippen LogP contribution in [-0.4, -0.2) is 41.6 Å². The molecule has 2 heterocycles. The molecule has 2 aliphatic rings. The zero-order chi connectivity index (χ0) is 9.97. The number of hydrogen-bond acceptors (Lipinski definition) is 3. The molecule has 0 bridgehead atoms. The highest BCUT2D eigenvalue weighted by atomic mass is 16.3. The van der Waals surface area contributed by atoms with Gasteiger partial charge in [-0.3, -0.25) is 4.99 Å². The highest BCUT2D eigenvalue weighted by Crippen LogP contribution is 2.25. The molecular weight excluding hydrogens is 176 g/mol. The number of fused-ring (bicyclic) bond motifs is 1. The number of nitrogens with zero attached hydrogens (tertiary/aromatic N) is 2. The summed E-state index contributed by atoms with van der Waals surface area (Å²) >= 11 is 0. The van der Waals surface area contributed by atoms with Gasteiger partial charge in [0.15, 0.2) is 0 Å². The van der Waals surface area contributed by atoms with Crippen LogP contribution in [0.15, 0.2) is 4.99 Å². The Morgan fingerprint density at radius 2 is 2.29 bits per heavy atom. The Morgan fingerprint density at radius 1 is 1.50 bits per heavy atom. The van der Waals surface area contributed by atoms with Gasteiger partial charge in [-0.1, -0.05) is 0 Å². The molecule has 80 valence electrons. The summed E-state index contributed by atoms with van der Waals surface area (Å²) in [6.07, 6.45) is 4.36. The second-order valence-electron chi connectivity index (χ2n) is 4.50. The molecule has 0 radical (unpaired) electrons. The standard InChI is InChI=1S/C11H20N2O/c1-9(14)8-10-4-2-6-13-7-3-5-12-11(10)13/h9-10,14H,2-8H2,1H3. The number of amidine groups is 1. The second-order valence-corrected chi connectivity index (χ2v) is 4.50. The molecule has 2 atom stereocenters. The van der Waals surface area contributed by atoms with E-state index in [1.54, 1.807) is 0 Å². The predicted molar refractivity (Wildman–Crippen MR) is 57.5 cm³/mol. The van der Waals surface area contributed by atoms with Gasteiger partial charge in [0.25, 0.3) is 0 Å². The van der Waals surface area contributed by atoms with Gasteiger partial charge in [0.1, 0.15) is 5.84 Å². The fourth-order valence-electron chi connectivity index (χ4n) is 2.58. The van der Waals surface area contributed by atoms with E-state index in [-0.39, 0.29) is 6.10 Å². The molecule has 1 saturated heterocycles. The third-order valence-corrected chi connectivity index (χ3v) is 3.16. The van der Waals surface area contributed by atoms with E-state index in [0.29, 0.717) is 5.92 Å². The van der Waals surface area contributed by atoms with Crippen molar-refractivity contribution in [1.82, 2.24) is 4.90 Å². The maximum Gasteiger partial charge on any atom is 0.102 e. The number of piperidine rings is 1. The van der Waals surface area contributed by atoms with Crippen molar-refractivity contribution in [2.75, 3.05) is 19.6 Å². The Balaban J connectivity index is 2.04. The van der Waals surface area contributed by atoms with Gasteiger partial charge in [-0.15, -0.1) is 0 Å². The van der Waals surface area contributed by atoms with Crippen molar-refractivity contribution in [3.8, 4) is 0 Å². The molecule has 1 N–H and O–H groups in total. The van der Waals surface area contributed by atoms with Crippen molar-refractivity contribution in [3.05, 3.63) is 0 Å². The zero-order valence-corrected chi connectivity index (χ0v) is 8.95. The fourth-order valence-corrected chi connectivity index (χ4v) is 2.58. The van der Waals surface area contributed by atoms with E-state index in [2.05, 4.69) is 9.89 Å². The molecule has 0 amide bonds. The molecule has 0 spiro atoms. The van der Waals surface area contributed by atoms with E-state index in [4.69, 9.17) is 0 Å². The summed E-state index contributed by atoms with van der Waals surface area (Å²) < 4.78 is 0. The van der Waals surface area contributed by atoms with Crippen LogP contribution in [0.4, 0.5) is 0 Å². The summed E-state index contributed by atoms with van der Waals surface area (Å²) in [4.78, 5) is 7.03. The first-order valence-corrected chi connectivity index (χ1v) is 5.74. The van der Waals surface area contributed by atoms with E-state index < -0.39 is 0 Å². The molecule has 3 heteroatoms. The van der Waals surface area contributed by atoms with Gasteiger partial charge in [-0.2, -0.15) is 0 Å². The molecule has 2 rings (SSSR count). The van der Waals surface area contributed by atoms with Crippen LogP contribution in [0.1, 0.15) is 32.6 Å². The fraction of sp³-hybridized carbons (Fsp3) is 0.909. The lowest BCUT2D eigenvalue weighted by Gasteiger charge is -2.38. The molecule has 1 fully saturated rings.